The molecule has 0 unspecified atom stereocenters. The smallest absolute Gasteiger partial charge is 0.229 e. The molecule has 0 spiro atoms. The molecule has 1 aliphatic rings. The first-order chi connectivity index (χ1) is 10.0. The van der Waals surface area contributed by atoms with Gasteiger partial charge in [0, 0.05) is 25.2 Å². The molecule has 1 saturated heterocycles. The van der Waals surface area contributed by atoms with E-state index < -0.39 is 0 Å². The van der Waals surface area contributed by atoms with E-state index in [1.54, 1.807) is 18.2 Å². The standard InChI is InChI=1S/C15H21N3O3/c1-9-7-16-8-12(9)15(20)18-11-4-5-13(17-10(2)19)14(6-11)21-3/h4-6,9,12,16H,7-8H2,1-3H3,(H,17,19)(H,18,20)/t9-,12-/m1/s1. The molecule has 114 valence electrons. The Balaban J connectivity index is 2.10. The summed E-state index contributed by atoms with van der Waals surface area (Å²) < 4.78 is 5.24. The van der Waals surface area contributed by atoms with Crippen molar-refractivity contribution in [3.8, 4) is 5.75 Å². The highest BCUT2D eigenvalue weighted by molar-refractivity contribution is 5.95. The lowest BCUT2D eigenvalue weighted by atomic mass is 9.97. The molecule has 1 aromatic carbocycles. The molecular formula is C15H21N3O3. The largest absolute Gasteiger partial charge is 0.494 e. The van der Waals surface area contributed by atoms with Crippen LogP contribution in [-0.2, 0) is 9.59 Å². The van der Waals surface area contributed by atoms with Crippen molar-refractivity contribution in [1.29, 1.82) is 0 Å². The van der Waals surface area contributed by atoms with E-state index in [9.17, 15) is 9.59 Å². The molecule has 6 heteroatoms. The van der Waals surface area contributed by atoms with E-state index in [1.165, 1.54) is 14.0 Å². The fourth-order valence-electron chi connectivity index (χ4n) is 2.46. The highest BCUT2D eigenvalue weighted by atomic mass is 16.5. The second-order valence-corrected chi connectivity index (χ2v) is 5.33. The maximum absolute atomic E-state index is 12.2. The second kappa shape index (κ2) is 6.58. The number of carbonyl (C=O) groups is 2. The number of methoxy groups -OCH3 is 1. The number of rotatable bonds is 4. The average molecular weight is 291 g/mol. The number of ether oxygens (including phenoxy) is 1. The third-order valence-corrected chi connectivity index (χ3v) is 3.63. The van der Waals surface area contributed by atoms with Crippen molar-refractivity contribution >= 4 is 23.2 Å². The van der Waals surface area contributed by atoms with Gasteiger partial charge in [-0.05, 0) is 24.6 Å². The molecule has 1 heterocycles. The molecule has 3 N–H and O–H groups in total. The van der Waals surface area contributed by atoms with Crippen molar-refractivity contribution in [3.63, 3.8) is 0 Å². The summed E-state index contributed by atoms with van der Waals surface area (Å²) in [5.74, 6) is 0.648. The van der Waals surface area contributed by atoms with Crippen LogP contribution in [-0.4, -0.2) is 32.0 Å². The Morgan fingerprint density at radius 1 is 1.29 bits per heavy atom. The highest BCUT2D eigenvalue weighted by Crippen LogP contribution is 2.28. The monoisotopic (exact) mass is 291 g/mol. The van der Waals surface area contributed by atoms with Crippen LogP contribution in [0.2, 0.25) is 0 Å². The number of nitrogens with one attached hydrogen (secondary N) is 3. The summed E-state index contributed by atoms with van der Waals surface area (Å²) in [5, 5.41) is 8.79. The Hall–Kier alpha value is -2.08. The molecule has 2 rings (SSSR count). The maximum atomic E-state index is 12.2. The van der Waals surface area contributed by atoms with Crippen LogP contribution in [0.4, 0.5) is 11.4 Å². The van der Waals surface area contributed by atoms with Gasteiger partial charge in [0.15, 0.2) is 0 Å². The van der Waals surface area contributed by atoms with Gasteiger partial charge in [0.05, 0.1) is 18.7 Å². The third-order valence-electron chi connectivity index (χ3n) is 3.63. The first-order valence-electron chi connectivity index (χ1n) is 6.98. The predicted octanol–water partition coefficient (Wildman–Crippen LogP) is 1.45. The second-order valence-electron chi connectivity index (χ2n) is 5.33. The number of amides is 2. The molecule has 21 heavy (non-hydrogen) atoms. The lowest BCUT2D eigenvalue weighted by Crippen LogP contribution is -2.27. The van der Waals surface area contributed by atoms with Gasteiger partial charge in [-0.2, -0.15) is 0 Å². The SMILES string of the molecule is COc1cc(NC(=O)[C@@H]2CNC[C@H]2C)ccc1NC(C)=O. The molecule has 0 aromatic heterocycles. The lowest BCUT2D eigenvalue weighted by Gasteiger charge is -2.16. The van der Waals surface area contributed by atoms with E-state index in [1.807, 2.05) is 0 Å². The number of hydrogen-bond acceptors (Lipinski definition) is 4. The van der Waals surface area contributed by atoms with Crippen LogP contribution in [0.25, 0.3) is 0 Å². The Labute approximate surface area is 124 Å². The third kappa shape index (κ3) is 3.72. The van der Waals surface area contributed by atoms with Crippen LogP contribution < -0.4 is 20.7 Å². The molecule has 1 aliphatic heterocycles. The van der Waals surface area contributed by atoms with Crippen LogP contribution in [0.1, 0.15) is 13.8 Å². The van der Waals surface area contributed by atoms with Gasteiger partial charge in [-0.15, -0.1) is 0 Å². The molecule has 6 nitrogen and oxygen atoms in total. The number of carbonyl (C=O) groups excluding carboxylic acids is 2. The minimum absolute atomic E-state index is 0.00169. The fraction of sp³-hybridized carbons (Fsp3) is 0.467. The minimum atomic E-state index is -0.170. The quantitative estimate of drug-likeness (QED) is 0.784. The zero-order chi connectivity index (χ0) is 15.4. The molecule has 2 amide bonds. The van der Waals surface area contributed by atoms with Gasteiger partial charge in [0.1, 0.15) is 5.75 Å². The summed E-state index contributed by atoms with van der Waals surface area (Å²) in [6.07, 6.45) is 0. The average Bonchev–Trinajstić information content (AvgIpc) is 2.86. The van der Waals surface area contributed by atoms with Crippen LogP contribution in [0, 0.1) is 11.8 Å². The van der Waals surface area contributed by atoms with Crippen molar-refractivity contribution in [2.45, 2.75) is 13.8 Å². The van der Waals surface area contributed by atoms with E-state index in [0.29, 0.717) is 29.6 Å². The predicted molar refractivity (Wildman–Crippen MR) is 81.5 cm³/mol. The molecular weight excluding hydrogens is 270 g/mol. The van der Waals surface area contributed by atoms with Gasteiger partial charge in [0.2, 0.25) is 11.8 Å². The van der Waals surface area contributed by atoms with Crippen molar-refractivity contribution in [3.05, 3.63) is 18.2 Å². The van der Waals surface area contributed by atoms with Gasteiger partial charge < -0.3 is 20.7 Å². The van der Waals surface area contributed by atoms with Crippen molar-refractivity contribution in [2.75, 3.05) is 30.8 Å². The number of anilines is 2. The summed E-state index contributed by atoms with van der Waals surface area (Å²) in [4.78, 5) is 23.3. The molecule has 0 aliphatic carbocycles. The van der Waals surface area contributed by atoms with Gasteiger partial charge in [-0.25, -0.2) is 0 Å². The van der Waals surface area contributed by atoms with Crippen LogP contribution in [0.3, 0.4) is 0 Å². The molecule has 0 bridgehead atoms. The molecule has 1 aromatic rings. The Morgan fingerprint density at radius 2 is 2.05 bits per heavy atom. The maximum Gasteiger partial charge on any atom is 0.229 e. The topological polar surface area (TPSA) is 79.5 Å². The van der Waals surface area contributed by atoms with E-state index in [4.69, 9.17) is 4.74 Å². The zero-order valence-electron chi connectivity index (χ0n) is 12.5. The van der Waals surface area contributed by atoms with Gasteiger partial charge in [-0.1, -0.05) is 6.92 Å². The summed E-state index contributed by atoms with van der Waals surface area (Å²) >= 11 is 0. The van der Waals surface area contributed by atoms with Crippen LogP contribution in [0.15, 0.2) is 18.2 Å². The van der Waals surface area contributed by atoms with Crippen molar-refractivity contribution in [2.24, 2.45) is 11.8 Å². The van der Waals surface area contributed by atoms with Gasteiger partial charge in [0.25, 0.3) is 0 Å². The van der Waals surface area contributed by atoms with Crippen molar-refractivity contribution < 1.29 is 14.3 Å². The van der Waals surface area contributed by atoms with E-state index in [2.05, 4.69) is 22.9 Å². The summed E-state index contributed by atoms with van der Waals surface area (Å²) in [6, 6.07) is 5.17. The molecule has 0 radical (unpaired) electrons. The van der Waals surface area contributed by atoms with E-state index in [-0.39, 0.29) is 17.7 Å². The Kier molecular flexibility index (Phi) is 4.80. The van der Waals surface area contributed by atoms with E-state index >= 15 is 0 Å². The Bertz CT molecular complexity index is 545. The van der Waals surface area contributed by atoms with Crippen LogP contribution in [0.5, 0.6) is 5.75 Å². The first kappa shape index (κ1) is 15.3. The zero-order valence-corrected chi connectivity index (χ0v) is 12.5. The molecule has 0 saturated carbocycles. The molecule has 1 fully saturated rings. The highest BCUT2D eigenvalue weighted by Gasteiger charge is 2.29. The molecule has 2 atom stereocenters. The fourth-order valence-corrected chi connectivity index (χ4v) is 2.46. The number of benzene rings is 1. The van der Waals surface area contributed by atoms with Gasteiger partial charge >= 0.3 is 0 Å². The number of hydrogen-bond donors (Lipinski definition) is 3. The first-order valence-corrected chi connectivity index (χ1v) is 6.98. The van der Waals surface area contributed by atoms with Crippen LogP contribution >= 0.6 is 0 Å². The Morgan fingerprint density at radius 3 is 2.62 bits per heavy atom. The van der Waals surface area contributed by atoms with E-state index in [0.717, 1.165) is 6.54 Å². The summed E-state index contributed by atoms with van der Waals surface area (Å²) in [7, 11) is 1.52. The summed E-state index contributed by atoms with van der Waals surface area (Å²) in [6.45, 7) is 5.06. The normalized spacial score (nSPS) is 20.9. The summed E-state index contributed by atoms with van der Waals surface area (Å²) in [5.41, 5.74) is 1.24. The van der Waals surface area contributed by atoms with Crippen molar-refractivity contribution in [1.82, 2.24) is 5.32 Å². The lowest BCUT2D eigenvalue weighted by molar-refractivity contribution is -0.120. The minimum Gasteiger partial charge on any atom is -0.494 e. The van der Waals surface area contributed by atoms with Gasteiger partial charge in [-0.3, -0.25) is 9.59 Å².